The highest BCUT2D eigenvalue weighted by atomic mass is 79.9. The molecule has 0 bridgehead atoms. The molecule has 74 valence electrons. The Hall–Kier alpha value is -1.43. The first-order valence-electron chi connectivity index (χ1n) is 3.78. The first kappa shape index (κ1) is 10.6. The topological polar surface area (TPSA) is 71.1 Å². The first-order valence-corrected chi connectivity index (χ1v) is 4.58. The number of hydrazine groups is 1. The van der Waals surface area contributed by atoms with Crippen LogP contribution in [0.15, 0.2) is 22.8 Å². The summed E-state index contributed by atoms with van der Waals surface area (Å²) in [6.07, 6.45) is 1.49. The second-order valence-electron chi connectivity index (χ2n) is 2.47. The fraction of sp³-hybridized carbons (Fsp3) is 0.125. The van der Waals surface area contributed by atoms with Crippen molar-refractivity contribution in [1.29, 1.82) is 0 Å². The Morgan fingerprint density at radius 1 is 1.43 bits per heavy atom. The molecule has 2 N–H and O–H groups in total. The number of pyridine rings is 1. The molecule has 6 heteroatoms. The van der Waals surface area contributed by atoms with Crippen LogP contribution in [0.1, 0.15) is 17.4 Å². The molecule has 0 aliphatic carbocycles. The van der Waals surface area contributed by atoms with Gasteiger partial charge in [-0.3, -0.25) is 20.4 Å². The van der Waals surface area contributed by atoms with E-state index in [2.05, 4.69) is 31.8 Å². The maximum Gasteiger partial charge on any atom is 0.289 e. The number of hydrogen-bond acceptors (Lipinski definition) is 3. The zero-order chi connectivity index (χ0) is 10.6. The smallest absolute Gasteiger partial charge is 0.274 e. The van der Waals surface area contributed by atoms with E-state index < -0.39 is 5.91 Å². The molecule has 1 rings (SSSR count). The van der Waals surface area contributed by atoms with Gasteiger partial charge in [-0.25, -0.2) is 4.98 Å². The van der Waals surface area contributed by atoms with Crippen molar-refractivity contribution in [2.45, 2.75) is 6.92 Å². The zero-order valence-electron chi connectivity index (χ0n) is 7.37. The van der Waals surface area contributed by atoms with Gasteiger partial charge >= 0.3 is 0 Å². The molecule has 0 radical (unpaired) electrons. The largest absolute Gasteiger partial charge is 0.289 e. The monoisotopic (exact) mass is 257 g/mol. The molecule has 1 aromatic heterocycles. The molecule has 5 nitrogen and oxygen atoms in total. The molecule has 0 fully saturated rings. The lowest BCUT2D eigenvalue weighted by molar-refractivity contribution is -0.119. The third-order valence-electron chi connectivity index (χ3n) is 1.33. The number of nitrogens with zero attached hydrogens (tertiary/aromatic N) is 1. The summed E-state index contributed by atoms with van der Waals surface area (Å²) in [5.74, 6) is -0.807. The van der Waals surface area contributed by atoms with Gasteiger partial charge in [0, 0.05) is 17.6 Å². The molecule has 0 atom stereocenters. The highest BCUT2D eigenvalue weighted by Crippen LogP contribution is 2.12. The number of hydrogen-bond donors (Lipinski definition) is 2. The molecule has 1 aromatic rings. The molecule has 0 saturated heterocycles. The van der Waals surface area contributed by atoms with Crippen LogP contribution < -0.4 is 10.9 Å². The fourth-order valence-electron chi connectivity index (χ4n) is 0.757. The van der Waals surface area contributed by atoms with E-state index in [1.165, 1.54) is 13.1 Å². The van der Waals surface area contributed by atoms with Gasteiger partial charge in [0.1, 0.15) is 5.69 Å². The summed E-state index contributed by atoms with van der Waals surface area (Å²) >= 11 is 3.17. The average Bonchev–Trinajstić information content (AvgIpc) is 2.15. The van der Waals surface area contributed by atoms with Gasteiger partial charge in [-0.2, -0.15) is 0 Å². The van der Waals surface area contributed by atoms with E-state index >= 15 is 0 Å². The number of carbonyl (C=O) groups excluding carboxylic acids is 2. The van der Waals surface area contributed by atoms with E-state index in [0.29, 0.717) is 4.47 Å². The van der Waals surface area contributed by atoms with Crippen molar-refractivity contribution >= 4 is 27.7 Å². The lowest BCUT2D eigenvalue weighted by Gasteiger charge is -2.04. The van der Waals surface area contributed by atoms with Crippen LogP contribution in [0, 0.1) is 0 Å². The van der Waals surface area contributed by atoms with Crippen LogP contribution in [-0.4, -0.2) is 16.8 Å². The molecule has 0 saturated carbocycles. The van der Waals surface area contributed by atoms with Crippen molar-refractivity contribution in [3.63, 3.8) is 0 Å². The van der Waals surface area contributed by atoms with Crippen LogP contribution in [0.5, 0.6) is 0 Å². The quantitative estimate of drug-likeness (QED) is 0.725. The fourth-order valence-corrected chi connectivity index (χ4v) is 1.19. The van der Waals surface area contributed by atoms with Gasteiger partial charge in [0.15, 0.2) is 0 Å². The van der Waals surface area contributed by atoms with Crippen LogP contribution >= 0.6 is 15.9 Å². The lowest BCUT2D eigenvalue weighted by Crippen LogP contribution is -2.40. The molecule has 14 heavy (non-hydrogen) atoms. The summed E-state index contributed by atoms with van der Waals surface area (Å²) in [6.45, 7) is 1.30. The summed E-state index contributed by atoms with van der Waals surface area (Å²) < 4.78 is 0.572. The van der Waals surface area contributed by atoms with Crippen LogP contribution in [0.4, 0.5) is 0 Å². The van der Waals surface area contributed by atoms with Crippen molar-refractivity contribution < 1.29 is 9.59 Å². The minimum Gasteiger partial charge on any atom is -0.274 e. The molecular formula is C8H8BrN3O2. The number of nitrogens with one attached hydrogen (secondary N) is 2. The van der Waals surface area contributed by atoms with Gasteiger partial charge in [-0.1, -0.05) is 0 Å². The van der Waals surface area contributed by atoms with E-state index in [1.54, 1.807) is 12.1 Å². The van der Waals surface area contributed by atoms with Crippen LogP contribution in [-0.2, 0) is 4.79 Å². The van der Waals surface area contributed by atoms with Gasteiger partial charge in [0.05, 0.1) is 0 Å². The van der Waals surface area contributed by atoms with Crippen LogP contribution in [0.25, 0.3) is 0 Å². The Balaban J connectivity index is 2.70. The molecular weight excluding hydrogens is 250 g/mol. The predicted octanol–water partition coefficient (Wildman–Crippen LogP) is 0.625. The number of halogens is 1. The Bertz CT molecular complexity index is 367. The third-order valence-corrected chi connectivity index (χ3v) is 1.97. The van der Waals surface area contributed by atoms with E-state index in [0.717, 1.165) is 0 Å². The summed E-state index contributed by atoms with van der Waals surface area (Å²) in [5.41, 5.74) is 4.60. The molecule has 0 spiro atoms. The number of rotatable bonds is 1. The number of amides is 2. The number of aromatic nitrogens is 1. The van der Waals surface area contributed by atoms with Crippen molar-refractivity contribution in [2.75, 3.05) is 0 Å². The van der Waals surface area contributed by atoms with Crippen LogP contribution in [0.3, 0.4) is 0 Å². The number of carbonyl (C=O) groups is 2. The highest BCUT2D eigenvalue weighted by Gasteiger charge is 2.10. The zero-order valence-corrected chi connectivity index (χ0v) is 8.96. The highest BCUT2D eigenvalue weighted by molar-refractivity contribution is 9.10. The second-order valence-corrected chi connectivity index (χ2v) is 3.32. The maximum atomic E-state index is 11.4. The van der Waals surface area contributed by atoms with Crippen molar-refractivity contribution in [2.24, 2.45) is 0 Å². The SMILES string of the molecule is CC(=O)NNC(=O)c1ncccc1Br. The lowest BCUT2D eigenvalue weighted by atomic mass is 10.3. The summed E-state index contributed by atoms with van der Waals surface area (Å²) in [6, 6.07) is 3.38. The first-order chi connectivity index (χ1) is 6.61. The third kappa shape index (κ3) is 2.81. The molecule has 0 aliphatic heterocycles. The molecule has 2 amide bonds. The maximum absolute atomic E-state index is 11.4. The predicted molar refractivity (Wildman–Crippen MR) is 53.2 cm³/mol. The Labute approximate surface area is 89.0 Å². The van der Waals surface area contributed by atoms with Gasteiger partial charge in [-0.05, 0) is 28.1 Å². The Morgan fingerprint density at radius 2 is 2.14 bits per heavy atom. The standard InChI is InChI=1S/C8H8BrN3O2/c1-5(13)11-12-8(14)7-6(9)3-2-4-10-7/h2-4H,1H3,(H,11,13)(H,12,14). The van der Waals surface area contributed by atoms with Gasteiger partial charge < -0.3 is 0 Å². The van der Waals surface area contributed by atoms with Gasteiger partial charge in [-0.15, -0.1) is 0 Å². The minimum atomic E-state index is -0.465. The van der Waals surface area contributed by atoms with Crippen molar-refractivity contribution in [3.05, 3.63) is 28.5 Å². The summed E-state index contributed by atoms with van der Waals surface area (Å²) in [5, 5.41) is 0. The normalized spacial score (nSPS) is 9.29. The average molecular weight is 258 g/mol. The van der Waals surface area contributed by atoms with Gasteiger partial charge in [0.2, 0.25) is 5.91 Å². The summed E-state index contributed by atoms with van der Waals surface area (Å²) in [7, 11) is 0. The van der Waals surface area contributed by atoms with Crippen molar-refractivity contribution in [3.8, 4) is 0 Å². The molecule has 1 heterocycles. The van der Waals surface area contributed by atoms with Gasteiger partial charge in [0.25, 0.3) is 5.91 Å². The molecule has 0 unspecified atom stereocenters. The minimum absolute atomic E-state index is 0.223. The molecule has 0 aliphatic rings. The Kier molecular flexibility index (Phi) is 3.58. The Morgan fingerprint density at radius 3 is 2.71 bits per heavy atom. The van der Waals surface area contributed by atoms with Crippen molar-refractivity contribution in [1.82, 2.24) is 15.8 Å². The van der Waals surface area contributed by atoms with Crippen LogP contribution in [0.2, 0.25) is 0 Å². The summed E-state index contributed by atoms with van der Waals surface area (Å²) in [4.78, 5) is 25.7. The van der Waals surface area contributed by atoms with E-state index in [1.807, 2.05) is 0 Å². The van der Waals surface area contributed by atoms with E-state index in [-0.39, 0.29) is 11.6 Å². The molecule has 0 aromatic carbocycles. The van der Waals surface area contributed by atoms with E-state index in [4.69, 9.17) is 0 Å². The second kappa shape index (κ2) is 4.71. The van der Waals surface area contributed by atoms with E-state index in [9.17, 15) is 9.59 Å².